The SMILES string of the molecule is CN1C(=O)C(C)(C)C(C)(c2cc(Nc3ccc(S(C)(=O)=O)cc3)ccc2F)N=C1N. The number of carbonyl (C=O) groups is 1. The summed E-state index contributed by atoms with van der Waals surface area (Å²) in [7, 11) is -1.76. The van der Waals surface area contributed by atoms with Gasteiger partial charge in [0.1, 0.15) is 11.4 Å². The minimum atomic E-state index is -3.30. The van der Waals surface area contributed by atoms with Crippen LogP contribution in [0.3, 0.4) is 0 Å². The van der Waals surface area contributed by atoms with Gasteiger partial charge in [0.2, 0.25) is 5.91 Å². The smallest absolute Gasteiger partial charge is 0.237 e. The van der Waals surface area contributed by atoms with Crippen LogP contribution in [-0.4, -0.2) is 38.5 Å². The van der Waals surface area contributed by atoms with E-state index in [1.54, 1.807) is 45.0 Å². The second kappa shape index (κ2) is 7.09. The predicted octanol–water partition coefficient (Wildman–Crippen LogP) is 3.00. The van der Waals surface area contributed by atoms with E-state index in [9.17, 15) is 17.6 Å². The Kier molecular flexibility index (Phi) is 5.14. The lowest BCUT2D eigenvalue weighted by atomic mass is 9.67. The highest BCUT2D eigenvalue weighted by atomic mass is 32.2. The Labute approximate surface area is 175 Å². The minimum absolute atomic E-state index is 0.0240. The molecule has 0 spiro atoms. The minimum Gasteiger partial charge on any atom is -0.369 e. The Morgan fingerprint density at radius 2 is 1.63 bits per heavy atom. The molecule has 0 saturated carbocycles. The van der Waals surface area contributed by atoms with Crippen LogP contribution in [0, 0.1) is 11.2 Å². The molecule has 3 N–H and O–H groups in total. The highest BCUT2D eigenvalue weighted by Gasteiger charge is 2.53. The van der Waals surface area contributed by atoms with Gasteiger partial charge >= 0.3 is 0 Å². The third kappa shape index (κ3) is 3.54. The standard InChI is InChI=1S/C21H25FN4O3S/c1-20(2)18(27)26(4)19(23)25-21(20,3)16-12-14(8-11-17(16)22)24-13-6-9-15(10-7-13)30(5,28)29/h6-12,24H,1-5H3,(H2,23,25). The number of rotatable bonds is 4. The summed E-state index contributed by atoms with van der Waals surface area (Å²) in [6.07, 6.45) is 1.14. The summed E-state index contributed by atoms with van der Waals surface area (Å²) in [6.45, 7) is 5.12. The molecule has 2 aromatic rings. The number of carbonyl (C=O) groups excluding carboxylic acids is 1. The maximum Gasteiger partial charge on any atom is 0.237 e. The Morgan fingerprint density at radius 3 is 2.20 bits per heavy atom. The number of nitrogens with two attached hydrogens (primary N) is 1. The lowest BCUT2D eigenvalue weighted by Gasteiger charge is -2.46. The van der Waals surface area contributed by atoms with Crippen molar-refractivity contribution in [2.45, 2.75) is 31.2 Å². The van der Waals surface area contributed by atoms with E-state index in [-0.39, 0.29) is 22.3 Å². The fourth-order valence-corrected chi connectivity index (χ4v) is 4.13. The molecule has 1 atom stereocenters. The van der Waals surface area contributed by atoms with Gasteiger partial charge in [0, 0.05) is 30.2 Å². The largest absolute Gasteiger partial charge is 0.369 e. The Morgan fingerprint density at radius 1 is 1.07 bits per heavy atom. The molecule has 30 heavy (non-hydrogen) atoms. The first-order valence-corrected chi connectivity index (χ1v) is 11.2. The topological polar surface area (TPSA) is 105 Å². The van der Waals surface area contributed by atoms with Crippen LogP contribution in [0.4, 0.5) is 15.8 Å². The summed E-state index contributed by atoms with van der Waals surface area (Å²) in [4.78, 5) is 18.8. The van der Waals surface area contributed by atoms with Crippen molar-refractivity contribution in [1.82, 2.24) is 4.90 Å². The van der Waals surface area contributed by atoms with Crippen molar-refractivity contribution in [2.24, 2.45) is 16.1 Å². The van der Waals surface area contributed by atoms with Crippen LogP contribution < -0.4 is 11.1 Å². The molecular weight excluding hydrogens is 407 g/mol. The van der Waals surface area contributed by atoms with Gasteiger partial charge in [0.15, 0.2) is 15.8 Å². The monoisotopic (exact) mass is 432 g/mol. The van der Waals surface area contributed by atoms with Crippen molar-refractivity contribution < 1.29 is 17.6 Å². The predicted molar refractivity (Wildman–Crippen MR) is 115 cm³/mol. The molecule has 1 unspecified atom stereocenters. The van der Waals surface area contributed by atoms with Crippen LogP contribution in [0.2, 0.25) is 0 Å². The second-order valence-corrected chi connectivity index (χ2v) is 10.2. The van der Waals surface area contributed by atoms with E-state index in [1.807, 2.05) is 0 Å². The number of hydrogen-bond acceptors (Lipinski definition) is 6. The third-order valence-electron chi connectivity index (χ3n) is 5.80. The van der Waals surface area contributed by atoms with Gasteiger partial charge in [-0.05, 0) is 63.2 Å². The van der Waals surface area contributed by atoms with Gasteiger partial charge in [-0.25, -0.2) is 17.8 Å². The summed E-state index contributed by atoms with van der Waals surface area (Å²) in [5, 5.41) is 3.13. The fourth-order valence-electron chi connectivity index (χ4n) is 3.50. The van der Waals surface area contributed by atoms with E-state index < -0.39 is 26.6 Å². The van der Waals surface area contributed by atoms with E-state index in [4.69, 9.17) is 5.73 Å². The first-order chi connectivity index (χ1) is 13.8. The first-order valence-electron chi connectivity index (χ1n) is 9.28. The van der Waals surface area contributed by atoms with Crippen molar-refractivity contribution in [3.8, 4) is 0 Å². The van der Waals surface area contributed by atoms with E-state index in [0.29, 0.717) is 11.4 Å². The van der Waals surface area contributed by atoms with Crippen molar-refractivity contribution in [3.63, 3.8) is 0 Å². The molecule has 2 aromatic carbocycles. The summed E-state index contributed by atoms with van der Waals surface area (Å²) in [5.41, 5.74) is 5.10. The number of amides is 1. The Balaban J connectivity index is 2.03. The van der Waals surface area contributed by atoms with E-state index >= 15 is 0 Å². The van der Waals surface area contributed by atoms with Gasteiger partial charge in [0.25, 0.3) is 0 Å². The maximum atomic E-state index is 14.9. The molecule has 9 heteroatoms. The average molecular weight is 433 g/mol. The van der Waals surface area contributed by atoms with Gasteiger partial charge in [-0.15, -0.1) is 0 Å². The number of guanidine groups is 1. The van der Waals surface area contributed by atoms with Crippen molar-refractivity contribution in [3.05, 3.63) is 53.8 Å². The zero-order valence-electron chi connectivity index (χ0n) is 17.5. The summed E-state index contributed by atoms with van der Waals surface area (Å²) < 4.78 is 38.1. The van der Waals surface area contributed by atoms with Crippen LogP contribution in [-0.2, 0) is 20.2 Å². The third-order valence-corrected chi connectivity index (χ3v) is 6.93. The molecule has 3 rings (SSSR count). The fraction of sp³-hybridized carbons (Fsp3) is 0.333. The Bertz CT molecular complexity index is 1140. The van der Waals surface area contributed by atoms with Crippen molar-refractivity contribution >= 4 is 33.1 Å². The quantitative estimate of drug-likeness (QED) is 0.773. The number of halogens is 1. The van der Waals surface area contributed by atoms with E-state index in [2.05, 4.69) is 10.3 Å². The van der Waals surface area contributed by atoms with Gasteiger partial charge < -0.3 is 11.1 Å². The number of aliphatic imine (C=N–C) groups is 1. The summed E-state index contributed by atoms with van der Waals surface area (Å²) in [5.74, 6) is -0.736. The number of nitrogens with zero attached hydrogens (tertiary/aromatic N) is 2. The summed E-state index contributed by atoms with van der Waals surface area (Å²) in [6, 6.07) is 10.7. The number of sulfone groups is 1. The molecule has 1 heterocycles. The van der Waals surface area contributed by atoms with Gasteiger partial charge in [0.05, 0.1) is 10.3 Å². The molecule has 0 aliphatic carbocycles. The Hall–Kier alpha value is -2.94. The molecule has 0 aromatic heterocycles. The molecule has 1 aliphatic heterocycles. The van der Waals surface area contributed by atoms with Gasteiger partial charge in [-0.3, -0.25) is 9.69 Å². The lowest BCUT2D eigenvalue weighted by molar-refractivity contribution is -0.140. The second-order valence-electron chi connectivity index (χ2n) is 8.15. The number of nitrogens with one attached hydrogen (secondary N) is 1. The zero-order chi connectivity index (χ0) is 22.5. The summed E-state index contributed by atoms with van der Waals surface area (Å²) >= 11 is 0. The maximum absolute atomic E-state index is 14.9. The molecule has 0 radical (unpaired) electrons. The van der Waals surface area contributed by atoms with Crippen LogP contribution >= 0.6 is 0 Å². The van der Waals surface area contributed by atoms with Crippen LogP contribution in [0.1, 0.15) is 26.3 Å². The van der Waals surface area contributed by atoms with Crippen LogP contribution in [0.25, 0.3) is 0 Å². The highest BCUT2D eigenvalue weighted by molar-refractivity contribution is 7.90. The van der Waals surface area contributed by atoms with Crippen molar-refractivity contribution in [1.29, 1.82) is 0 Å². The number of hydrogen-bond donors (Lipinski definition) is 2. The van der Waals surface area contributed by atoms with Crippen LogP contribution in [0.5, 0.6) is 0 Å². The highest BCUT2D eigenvalue weighted by Crippen LogP contribution is 2.47. The van der Waals surface area contributed by atoms with Crippen molar-refractivity contribution in [2.75, 3.05) is 18.6 Å². The molecule has 7 nitrogen and oxygen atoms in total. The zero-order valence-corrected chi connectivity index (χ0v) is 18.3. The molecule has 1 amide bonds. The molecule has 0 saturated heterocycles. The first kappa shape index (κ1) is 21.8. The van der Waals surface area contributed by atoms with E-state index in [1.165, 1.54) is 30.1 Å². The molecule has 0 bridgehead atoms. The number of anilines is 2. The molecule has 160 valence electrons. The number of benzene rings is 2. The molecule has 1 aliphatic rings. The van der Waals surface area contributed by atoms with Gasteiger partial charge in [-0.1, -0.05) is 0 Å². The normalized spacial score (nSPS) is 21.3. The lowest BCUT2D eigenvalue weighted by Crippen LogP contribution is -2.58. The van der Waals surface area contributed by atoms with E-state index in [0.717, 1.165) is 6.26 Å². The average Bonchev–Trinajstić information content (AvgIpc) is 2.66. The van der Waals surface area contributed by atoms with Crippen LogP contribution in [0.15, 0.2) is 52.4 Å². The molecule has 0 fully saturated rings. The molecular formula is C21H25FN4O3S. The van der Waals surface area contributed by atoms with Gasteiger partial charge in [-0.2, -0.15) is 0 Å².